The quantitative estimate of drug-likeness (QED) is 0.454. The number of hydrogen-bond donors (Lipinski definition) is 0. The van der Waals surface area contributed by atoms with Crippen molar-refractivity contribution in [2.24, 2.45) is 0 Å². The summed E-state index contributed by atoms with van der Waals surface area (Å²) >= 11 is -1.68. The van der Waals surface area contributed by atoms with Crippen molar-refractivity contribution in [2.45, 2.75) is 91.8 Å². The predicted molar refractivity (Wildman–Crippen MR) is 118 cm³/mol. The molecular formula is C16H41GeNSi4. The van der Waals surface area contributed by atoms with Crippen LogP contribution in [0.1, 0.15) is 0 Å². The second-order valence-electron chi connectivity index (χ2n) is 11.4. The minimum absolute atomic E-state index is 0.978. The van der Waals surface area contributed by atoms with Crippen molar-refractivity contribution in [3.05, 3.63) is 0 Å². The Morgan fingerprint density at radius 2 is 0.864 bits per heavy atom. The van der Waals surface area contributed by atoms with E-state index in [2.05, 4.69) is 84.6 Å². The number of hydrogen-bond acceptors (Lipinski definition) is 1. The van der Waals surface area contributed by atoms with Gasteiger partial charge in [-0.1, -0.05) is 0 Å². The molecule has 0 atom stereocenters. The Bertz CT molecular complexity index is 344. The molecule has 0 fully saturated rings. The normalized spacial score (nSPS) is 14.8. The first-order valence-electron chi connectivity index (χ1n) is 8.81. The molecule has 130 valence electrons. The molecule has 0 spiro atoms. The van der Waals surface area contributed by atoms with Gasteiger partial charge in [0, 0.05) is 0 Å². The molecule has 0 aliphatic carbocycles. The summed E-state index contributed by atoms with van der Waals surface area (Å²) in [5.41, 5.74) is 0. The van der Waals surface area contributed by atoms with Crippen molar-refractivity contribution in [3.8, 4) is 6.07 Å². The Hall–Kier alpha value is 0.900. The summed E-state index contributed by atoms with van der Waals surface area (Å²) in [6.07, 6.45) is 0. The van der Waals surface area contributed by atoms with E-state index in [4.69, 9.17) is 0 Å². The minimum atomic E-state index is -1.68. The fraction of sp³-hybridized carbons (Fsp3) is 0.938. The molecule has 0 saturated heterocycles. The van der Waals surface area contributed by atoms with Crippen LogP contribution >= 0.6 is 0 Å². The second kappa shape index (κ2) is 7.42. The van der Waals surface area contributed by atoms with Gasteiger partial charge in [0.25, 0.3) is 0 Å². The van der Waals surface area contributed by atoms with Gasteiger partial charge in [-0.3, -0.25) is 0 Å². The molecule has 0 aromatic carbocycles. The third-order valence-electron chi connectivity index (χ3n) is 4.92. The summed E-state index contributed by atoms with van der Waals surface area (Å²) in [6.45, 7) is 31.1. The van der Waals surface area contributed by atoms with Gasteiger partial charge in [-0.05, 0) is 0 Å². The summed E-state index contributed by atoms with van der Waals surface area (Å²) in [4.78, 5) is 0. The molecule has 0 aromatic heterocycles. The second-order valence-corrected chi connectivity index (χ2v) is 46.1. The zero-order chi connectivity index (χ0) is 18.1. The third kappa shape index (κ3) is 6.42. The van der Waals surface area contributed by atoms with Gasteiger partial charge in [0.05, 0.1) is 0 Å². The number of nitrogens with zero attached hydrogens (tertiary/aromatic N) is 1. The molecule has 0 N–H and O–H groups in total. The van der Waals surface area contributed by atoms with Crippen LogP contribution in [0.25, 0.3) is 0 Å². The molecule has 0 rings (SSSR count). The topological polar surface area (TPSA) is 23.8 Å². The van der Waals surface area contributed by atoms with Gasteiger partial charge in [0.15, 0.2) is 0 Å². The monoisotopic (exact) mass is 433 g/mol. The predicted octanol–water partition coefficient (Wildman–Crippen LogP) is 5.99. The summed E-state index contributed by atoms with van der Waals surface area (Å²) in [7, 11) is -4.82. The van der Waals surface area contributed by atoms with E-state index in [1.54, 1.807) is 0 Å². The van der Waals surface area contributed by atoms with Crippen LogP contribution in [-0.4, -0.2) is 46.6 Å². The first-order chi connectivity index (χ1) is 9.44. The Balaban J connectivity index is 6.22. The van der Waals surface area contributed by atoms with Crippen LogP contribution in [0.4, 0.5) is 0 Å². The van der Waals surface area contributed by atoms with Crippen LogP contribution in [0.3, 0.4) is 0 Å². The molecule has 0 radical (unpaired) electrons. The average Bonchev–Trinajstić information content (AvgIpc) is 2.06. The Labute approximate surface area is 149 Å². The van der Waals surface area contributed by atoms with E-state index < -0.39 is 46.6 Å². The van der Waals surface area contributed by atoms with Crippen LogP contribution in [-0.2, 0) is 0 Å². The molecule has 0 aliphatic rings. The van der Waals surface area contributed by atoms with Gasteiger partial charge in [-0.2, -0.15) is 0 Å². The van der Waals surface area contributed by atoms with Crippen LogP contribution in [0.2, 0.25) is 91.8 Å². The zero-order valence-electron chi connectivity index (χ0n) is 17.4. The van der Waals surface area contributed by atoms with Crippen LogP contribution in [0.5, 0.6) is 0 Å². The molecule has 0 bridgehead atoms. The van der Waals surface area contributed by atoms with Gasteiger partial charge >= 0.3 is 150 Å². The van der Waals surface area contributed by atoms with E-state index in [0.29, 0.717) is 0 Å². The molecule has 1 nitrogen and oxygen atoms in total. The first kappa shape index (κ1) is 22.9. The summed E-state index contributed by atoms with van der Waals surface area (Å²) < 4.78 is 2.08. The maximum absolute atomic E-state index is 9.66. The molecule has 0 unspecified atom stereocenters. The fourth-order valence-electron chi connectivity index (χ4n) is 5.70. The van der Waals surface area contributed by atoms with Gasteiger partial charge < -0.3 is 0 Å². The summed E-state index contributed by atoms with van der Waals surface area (Å²) in [5.74, 6) is 0. The van der Waals surface area contributed by atoms with Gasteiger partial charge in [-0.25, -0.2) is 0 Å². The van der Waals surface area contributed by atoms with Gasteiger partial charge in [-0.15, -0.1) is 0 Å². The molecule has 0 aliphatic heterocycles. The number of rotatable bonds is 7. The Morgan fingerprint density at radius 3 is 1.00 bits per heavy atom. The maximum atomic E-state index is 9.66. The van der Waals surface area contributed by atoms with Gasteiger partial charge in [0.1, 0.15) is 0 Å². The molecule has 0 amide bonds. The van der Waals surface area contributed by atoms with Crippen molar-refractivity contribution < 1.29 is 0 Å². The van der Waals surface area contributed by atoms with Crippen molar-refractivity contribution in [2.75, 3.05) is 0 Å². The van der Waals surface area contributed by atoms with Crippen molar-refractivity contribution in [3.63, 3.8) is 0 Å². The molecule has 0 saturated carbocycles. The zero-order valence-corrected chi connectivity index (χ0v) is 23.8. The molecule has 6 heteroatoms. The number of nitriles is 1. The summed E-state index contributed by atoms with van der Waals surface area (Å²) in [6, 6.07) is 2.69. The average molecular weight is 432 g/mol. The van der Waals surface area contributed by atoms with E-state index in [1.807, 2.05) is 0 Å². The van der Waals surface area contributed by atoms with Crippen LogP contribution in [0, 0.1) is 11.3 Å². The fourth-order valence-corrected chi connectivity index (χ4v) is 76.7. The molecule has 0 heterocycles. The van der Waals surface area contributed by atoms with Gasteiger partial charge in [0.2, 0.25) is 0 Å². The summed E-state index contributed by atoms with van der Waals surface area (Å²) in [5, 5.41) is 10.6. The van der Waals surface area contributed by atoms with Crippen LogP contribution < -0.4 is 0 Å². The standard InChI is InChI=1S/C16H41GeNSi4/c1-19(2,3)15(20(4,5)6)17(13-14-18)16(21(7,8)9)22(10,11)12/h15-17H,13H2,1-12H3. The first-order valence-corrected chi connectivity index (χ1v) is 27.6. The van der Waals surface area contributed by atoms with Crippen LogP contribution in [0.15, 0.2) is 0 Å². The third-order valence-corrected chi connectivity index (χ3v) is 61.8. The van der Waals surface area contributed by atoms with Crippen molar-refractivity contribution in [1.29, 1.82) is 5.26 Å². The Kier molecular flexibility index (Phi) is 7.73. The molecule has 22 heavy (non-hydrogen) atoms. The molecular weight excluding hydrogens is 391 g/mol. The SMILES string of the molecule is C[Si](C)(C)[CH]([GeH]([CH2]C#N)[CH]([Si](C)(C)C)[Si](C)(C)C)[Si](C)(C)C. The molecule has 0 aromatic rings. The van der Waals surface area contributed by atoms with E-state index in [9.17, 15) is 5.26 Å². The van der Waals surface area contributed by atoms with E-state index in [0.717, 1.165) is 13.2 Å². The van der Waals surface area contributed by atoms with Crippen molar-refractivity contribution >= 4 is 46.6 Å². The van der Waals surface area contributed by atoms with E-state index in [-0.39, 0.29) is 0 Å². The van der Waals surface area contributed by atoms with E-state index in [1.165, 1.54) is 0 Å². The Morgan fingerprint density at radius 1 is 0.636 bits per heavy atom. The van der Waals surface area contributed by atoms with E-state index >= 15 is 0 Å². The van der Waals surface area contributed by atoms with Crippen molar-refractivity contribution in [1.82, 2.24) is 0 Å².